The number of aliphatic imine (C=N–C) groups is 1. The standard InChI is InChI=1S/C39H43ClF3N7O5/c1-47-21-28(26-19-44-20-27(26)38(47)54)24-16-31(40)29(34(17-24)55-2)22-48-11-13-50(14-12-48)36(52)15-23-7-9-49(10-8-23)33-5-3-25(18-30(33)39(41,42)43)45-32-4-6-35(51)46-37(32)53/h3,5,16-19,21,23,32,45H,4,6-15,20,22H2,1-2H3,(H,46,51,53). The first-order valence-corrected chi connectivity index (χ1v) is 18.8. The number of pyridine rings is 1. The van der Waals surface area contributed by atoms with E-state index in [2.05, 4.69) is 20.5 Å². The Morgan fingerprint density at radius 1 is 1.04 bits per heavy atom. The Kier molecular flexibility index (Phi) is 11.0. The van der Waals surface area contributed by atoms with Crippen LogP contribution in [0.3, 0.4) is 0 Å². The number of fused-ring (bicyclic) bond motifs is 1. The predicted octanol–water partition coefficient (Wildman–Crippen LogP) is 4.83. The summed E-state index contributed by atoms with van der Waals surface area (Å²) in [4.78, 5) is 59.7. The minimum absolute atomic E-state index is 0.0475. The second-order valence-electron chi connectivity index (χ2n) is 14.6. The molecule has 0 radical (unpaired) electrons. The smallest absolute Gasteiger partial charge is 0.418 e. The lowest BCUT2D eigenvalue weighted by Gasteiger charge is -2.38. The largest absolute Gasteiger partial charge is 0.496 e. The Morgan fingerprint density at radius 3 is 2.47 bits per heavy atom. The number of ether oxygens (including phenoxy) is 1. The number of halogens is 4. The molecule has 16 heteroatoms. The number of carbonyl (C=O) groups excluding carboxylic acids is 3. The van der Waals surface area contributed by atoms with E-state index in [1.54, 1.807) is 36.0 Å². The minimum Gasteiger partial charge on any atom is -0.496 e. The average molecular weight is 782 g/mol. The summed E-state index contributed by atoms with van der Waals surface area (Å²) in [5.41, 5.74) is 3.32. The fraction of sp³-hybridized carbons (Fsp3) is 0.462. The van der Waals surface area contributed by atoms with Crippen LogP contribution in [0.15, 0.2) is 46.3 Å². The maximum Gasteiger partial charge on any atom is 0.418 e. The number of piperazine rings is 1. The summed E-state index contributed by atoms with van der Waals surface area (Å²) in [7, 11) is 3.32. The molecule has 7 rings (SSSR count). The van der Waals surface area contributed by atoms with Gasteiger partial charge in [-0.1, -0.05) is 11.6 Å². The van der Waals surface area contributed by atoms with Gasteiger partial charge in [-0.2, -0.15) is 13.2 Å². The van der Waals surface area contributed by atoms with Crippen molar-refractivity contribution >= 4 is 46.9 Å². The van der Waals surface area contributed by atoms with E-state index in [0.29, 0.717) is 88.0 Å². The summed E-state index contributed by atoms with van der Waals surface area (Å²) in [6.45, 7) is 4.03. The van der Waals surface area contributed by atoms with Crippen molar-refractivity contribution in [3.8, 4) is 16.9 Å². The van der Waals surface area contributed by atoms with Crippen LogP contribution in [-0.4, -0.2) is 90.7 Å². The number of imide groups is 1. The molecule has 55 heavy (non-hydrogen) atoms. The number of piperidine rings is 2. The van der Waals surface area contributed by atoms with Crippen molar-refractivity contribution in [1.82, 2.24) is 19.7 Å². The van der Waals surface area contributed by atoms with E-state index in [9.17, 15) is 32.3 Å². The molecule has 3 saturated heterocycles. The highest BCUT2D eigenvalue weighted by Crippen LogP contribution is 2.40. The van der Waals surface area contributed by atoms with Gasteiger partial charge in [0.1, 0.15) is 11.8 Å². The number of methoxy groups -OCH3 is 1. The van der Waals surface area contributed by atoms with Crippen molar-refractivity contribution in [3.63, 3.8) is 0 Å². The van der Waals surface area contributed by atoms with Gasteiger partial charge in [-0.3, -0.25) is 34.4 Å². The second kappa shape index (κ2) is 15.7. The van der Waals surface area contributed by atoms with E-state index >= 15 is 0 Å². The summed E-state index contributed by atoms with van der Waals surface area (Å²) in [6, 6.07) is 6.99. The van der Waals surface area contributed by atoms with E-state index in [1.807, 2.05) is 17.0 Å². The number of nitrogens with zero attached hydrogens (tertiary/aromatic N) is 5. The van der Waals surface area contributed by atoms with E-state index in [-0.39, 0.29) is 41.6 Å². The van der Waals surface area contributed by atoms with Gasteiger partial charge in [0.2, 0.25) is 17.7 Å². The predicted molar refractivity (Wildman–Crippen MR) is 203 cm³/mol. The van der Waals surface area contributed by atoms with Crippen molar-refractivity contribution in [3.05, 3.63) is 74.2 Å². The van der Waals surface area contributed by atoms with Gasteiger partial charge < -0.3 is 24.4 Å². The monoisotopic (exact) mass is 781 g/mol. The molecule has 0 spiro atoms. The molecular formula is C39H43ClF3N7O5. The molecule has 2 aromatic carbocycles. The topological polar surface area (TPSA) is 129 Å². The molecule has 4 aliphatic heterocycles. The number of hydrogen-bond acceptors (Lipinski definition) is 9. The van der Waals surface area contributed by atoms with Crippen LogP contribution < -0.4 is 25.8 Å². The molecule has 0 aliphatic carbocycles. The number of benzene rings is 2. The number of rotatable bonds is 9. The maximum atomic E-state index is 14.2. The fourth-order valence-electron chi connectivity index (χ4n) is 7.97. The fourth-order valence-corrected chi connectivity index (χ4v) is 8.24. The third-order valence-electron chi connectivity index (χ3n) is 11.1. The second-order valence-corrected chi connectivity index (χ2v) is 15.0. The van der Waals surface area contributed by atoms with Crippen LogP contribution >= 0.6 is 11.6 Å². The van der Waals surface area contributed by atoms with Crippen LogP contribution in [0.1, 0.15) is 54.4 Å². The van der Waals surface area contributed by atoms with Crippen molar-refractivity contribution in [2.75, 3.05) is 56.6 Å². The molecule has 3 aromatic rings. The summed E-state index contributed by atoms with van der Waals surface area (Å²) in [5.74, 6) is -0.217. The highest BCUT2D eigenvalue weighted by Gasteiger charge is 2.37. The summed E-state index contributed by atoms with van der Waals surface area (Å²) < 4.78 is 50.0. The van der Waals surface area contributed by atoms with Gasteiger partial charge in [0.25, 0.3) is 5.56 Å². The Labute approximate surface area is 321 Å². The third-order valence-corrected chi connectivity index (χ3v) is 11.4. The highest BCUT2D eigenvalue weighted by atomic mass is 35.5. The maximum absolute atomic E-state index is 14.2. The normalized spacial score (nSPS) is 19.4. The lowest BCUT2D eigenvalue weighted by Crippen LogP contribution is -2.49. The van der Waals surface area contributed by atoms with Gasteiger partial charge >= 0.3 is 6.18 Å². The Hall–Kier alpha value is -4.89. The SMILES string of the molecule is COc1cc(-c2cn(C)c(=O)c3c2C=NC3)cc(Cl)c1CN1CCN(C(=O)CC2CCN(c3ccc(NC4CCC(=O)NC4=O)cc3C(F)(F)F)CC2)CC1. The molecule has 4 aliphatic rings. The van der Waals surface area contributed by atoms with Crippen LogP contribution in [0.4, 0.5) is 24.5 Å². The molecule has 3 fully saturated rings. The van der Waals surface area contributed by atoms with Gasteiger partial charge in [-0.05, 0) is 61.1 Å². The van der Waals surface area contributed by atoms with E-state index in [1.165, 1.54) is 12.1 Å². The molecule has 1 aromatic heterocycles. The molecule has 5 heterocycles. The first kappa shape index (κ1) is 38.4. The lowest BCUT2D eigenvalue weighted by molar-refractivity contribution is -0.137. The summed E-state index contributed by atoms with van der Waals surface area (Å²) >= 11 is 6.87. The Bertz CT molecular complexity index is 2090. The van der Waals surface area contributed by atoms with Crippen LogP contribution in [0.5, 0.6) is 5.75 Å². The van der Waals surface area contributed by atoms with E-state index < -0.39 is 29.6 Å². The number of carbonyl (C=O) groups is 3. The quantitative estimate of drug-likeness (QED) is 0.296. The number of hydrogen-bond donors (Lipinski definition) is 2. The molecule has 1 atom stereocenters. The van der Waals surface area contributed by atoms with E-state index in [0.717, 1.165) is 28.3 Å². The minimum atomic E-state index is -4.62. The number of alkyl halides is 3. The molecule has 292 valence electrons. The van der Waals surface area contributed by atoms with Crippen LogP contribution in [0.25, 0.3) is 11.1 Å². The molecule has 1 unspecified atom stereocenters. The zero-order valence-electron chi connectivity index (χ0n) is 30.7. The van der Waals surface area contributed by atoms with Gasteiger partial charge in [0, 0.05) is 117 Å². The van der Waals surface area contributed by atoms with Crippen LogP contribution in [-0.2, 0) is 40.7 Å². The van der Waals surface area contributed by atoms with Gasteiger partial charge in [-0.25, -0.2) is 0 Å². The molecular weight excluding hydrogens is 739 g/mol. The van der Waals surface area contributed by atoms with Crippen LogP contribution in [0, 0.1) is 5.92 Å². The van der Waals surface area contributed by atoms with Gasteiger partial charge in [0.05, 0.1) is 19.2 Å². The van der Waals surface area contributed by atoms with Gasteiger partial charge in [-0.15, -0.1) is 0 Å². The number of aromatic nitrogens is 1. The highest BCUT2D eigenvalue weighted by molar-refractivity contribution is 6.32. The van der Waals surface area contributed by atoms with E-state index in [4.69, 9.17) is 16.3 Å². The average Bonchev–Trinajstić information content (AvgIpc) is 3.66. The molecule has 12 nitrogen and oxygen atoms in total. The summed E-state index contributed by atoms with van der Waals surface area (Å²) in [5, 5.41) is 5.59. The van der Waals surface area contributed by atoms with Crippen molar-refractivity contribution in [1.29, 1.82) is 0 Å². The number of amides is 3. The Morgan fingerprint density at radius 2 is 1.78 bits per heavy atom. The zero-order valence-corrected chi connectivity index (χ0v) is 31.4. The molecule has 2 N–H and O–H groups in total. The summed E-state index contributed by atoms with van der Waals surface area (Å²) in [6.07, 6.45) is 0.728. The third kappa shape index (κ3) is 8.23. The Balaban J connectivity index is 0.921. The van der Waals surface area contributed by atoms with Crippen LogP contribution in [0.2, 0.25) is 5.02 Å². The number of aryl methyl sites for hydroxylation is 1. The first-order chi connectivity index (χ1) is 26.3. The molecule has 3 amide bonds. The number of anilines is 2. The van der Waals surface area contributed by atoms with Crippen molar-refractivity contribution in [2.24, 2.45) is 18.0 Å². The number of nitrogens with one attached hydrogen (secondary N) is 2. The van der Waals surface area contributed by atoms with Gasteiger partial charge in [0.15, 0.2) is 0 Å². The van der Waals surface area contributed by atoms with Crippen molar-refractivity contribution in [2.45, 2.75) is 57.4 Å². The lowest BCUT2D eigenvalue weighted by atomic mass is 9.92. The van der Waals surface area contributed by atoms with Crippen molar-refractivity contribution < 1.29 is 32.3 Å². The molecule has 0 bridgehead atoms. The molecule has 0 saturated carbocycles. The first-order valence-electron chi connectivity index (χ1n) is 18.4. The zero-order chi connectivity index (χ0) is 39.0.